The Morgan fingerprint density at radius 3 is 2.66 bits per heavy atom. The van der Waals surface area contributed by atoms with Gasteiger partial charge in [-0.15, -0.1) is 0 Å². The Kier molecular flexibility index (Phi) is 4.73. The molecule has 0 radical (unpaired) electrons. The zero-order chi connectivity index (χ0) is 20.6. The molecule has 2 heterocycles. The van der Waals surface area contributed by atoms with E-state index in [0.29, 0.717) is 29.0 Å². The molecule has 1 aliphatic heterocycles. The summed E-state index contributed by atoms with van der Waals surface area (Å²) in [7, 11) is 0. The largest absolute Gasteiger partial charge is 0.450 e. The second-order valence-corrected chi connectivity index (χ2v) is 7.38. The van der Waals surface area contributed by atoms with Crippen LogP contribution in [0.2, 0.25) is 0 Å². The van der Waals surface area contributed by atoms with E-state index in [1.165, 1.54) is 0 Å². The van der Waals surface area contributed by atoms with Gasteiger partial charge in [-0.05, 0) is 25.8 Å². The van der Waals surface area contributed by atoms with Crippen molar-refractivity contribution in [1.29, 1.82) is 0 Å². The molecule has 9 heteroatoms. The van der Waals surface area contributed by atoms with Gasteiger partial charge in [0.05, 0.1) is 0 Å². The third-order valence-corrected chi connectivity index (χ3v) is 5.47. The van der Waals surface area contributed by atoms with Gasteiger partial charge < -0.3 is 14.5 Å². The quantitative estimate of drug-likeness (QED) is 0.601. The molecule has 0 unspecified atom stereocenters. The highest BCUT2D eigenvalue weighted by molar-refractivity contribution is 6.08. The van der Waals surface area contributed by atoms with Crippen LogP contribution in [0.25, 0.3) is 11.0 Å². The van der Waals surface area contributed by atoms with Crippen molar-refractivity contribution in [2.24, 2.45) is 0 Å². The number of benzene rings is 1. The van der Waals surface area contributed by atoms with Crippen molar-refractivity contribution in [1.82, 2.24) is 15.8 Å². The first-order chi connectivity index (χ1) is 13.9. The molecule has 1 aromatic heterocycles. The molecule has 4 rings (SSSR count). The van der Waals surface area contributed by atoms with Gasteiger partial charge in [-0.2, -0.15) is 5.01 Å². The zero-order valence-electron chi connectivity index (χ0n) is 15.9. The SMILES string of the molecule is Cc1c(C(=O)OCC(=O)NN2C(=O)NC3(CCCCC3)C2=O)oc2ccccc12. The number of rotatable bonds is 4. The molecule has 2 N–H and O–H groups in total. The monoisotopic (exact) mass is 399 g/mol. The number of hydrogen-bond donors (Lipinski definition) is 2. The van der Waals surface area contributed by atoms with E-state index in [2.05, 4.69) is 10.7 Å². The van der Waals surface area contributed by atoms with Gasteiger partial charge in [0.15, 0.2) is 6.61 Å². The minimum absolute atomic E-state index is 0.00940. The number of para-hydroxylation sites is 1. The number of urea groups is 1. The summed E-state index contributed by atoms with van der Waals surface area (Å²) in [5.74, 6) is -2.05. The average Bonchev–Trinajstić information content (AvgIpc) is 3.17. The van der Waals surface area contributed by atoms with Crippen LogP contribution in [-0.4, -0.2) is 41.0 Å². The predicted octanol–water partition coefficient (Wildman–Crippen LogP) is 2.18. The van der Waals surface area contributed by atoms with Crippen LogP contribution < -0.4 is 10.7 Å². The predicted molar refractivity (Wildman–Crippen MR) is 101 cm³/mol. The fourth-order valence-corrected chi connectivity index (χ4v) is 3.94. The van der Waals surface area contributed by atoms with Gasteiger partial charge >= 0.3 is 12.0 Å². The second-order valence-electron chi connectivity index (χ2n) is 7.38. The van der Waals surface area contributed by atoms with Crippen LogP contribution in [0.1, 0.15) is 48.2 Å². The van der Waals surface area contributed by atoms with Gasteiger partial charge in [-0.25, -0.2) is 9.59 Å². The van der Waals surface area contributed by atoms with Crippen LogP contribution in [-0.2, 0) is 14.3 Å². The Morgan fingerprint density at radius 2 is 1.93 bits per heavy atom. The van der Waals surface area contributed by atoms with Crippen molar-refractivity contribution < 1.29 is 28.3 Å². The van der Waals surface area contributed by atoms with Gasteiger partial charge in [0.2, 0.25) is 5.76 Å². The summed E-state index contributed by atoms with van der Waals surface area (Å²) in [4.78, 5) is 49.2. The van der Waals surface area contributed by atoms with Gasteiger partial charge in [-0.3, -0.25) is 15.0 Å². The maximum absolute atomic E-state index is 12.6. The lowest BCUT2D eigenvalue weighted by Crippen LogP contribution is -2.51. The number of hydrogen-bond acceptors (Lipinski definition) is 6. The van der Waals surface area contributed by atoms with Crippen LogP contribution in [0.15, 0.2) is 28.7 Å². The van der Waals surface area contributed by atoms with Crippen LogP contribution in [0.5, 0.6) is 0 Å². The van der Waals surface area contributed by atoms with Crippen LogP contribution in [0, 0.1) is 6.92 Å². The van der Waals surface area contributed by atoms with Crippen LogP contribution >= 0.6 is 0 Å². The zero-order valence-corrected chi connectivity index (χ0v) is 15.9. The summed E-state index contributed by atoms with van der Waals surface area (Å²) in [5, 5.41) is 4.14. The second kappa shape index (κ2) is 7.23. The summed E-state index contributed by atoms with van der Waals surface area (Å²) in [6, 6.07) is 6.47. The Bertz CT molecular complexity index is 1000. The van der Waals surface area contributed by atoms with Crippen molar-refractivity contribution in [3.05, 3.63) is 35.6 Å². The normalized spacial score (nSPS) is 18.2. The van der Waals surface area contributed by atoms with Crippen molar-refractivity contribution in [2.45, 2.75) is 44.6 Å². The molecule has 0 atom stereocenters. The van der Waals surface area contributed by atoms with E-state index in [-0.39, 0.29) is 5.76 Å². The number of imide groups is 1. The molecular formula is C20H21N3O6. The van der Waals surface area contributed by atoms with Crippen LogP contribution in [0.3, 0.4) is 0 Å². The molecule has 2 fully saturated rings. The molecule has 2 aliphatic rings. The molecule has 29 heavy (non-hydrogen) atoms. The molecule has 1 aliphatic carbocycles. The Hall–Kier alpha value is -3.36. The summed E-state index contributed by atoms with van der Waals surface area (Å²) in [5.41, 5.74) is 2.43. The molecule has 4 amide bonds. The Balaban J connectivity index is 1.37. The Labute approximate surface area is 166 Å². The van der Waals surface area contributed by atoms with Crippen molar-refractivity contribution in [3.8, 4) is 0 Å². The molecule has 9 nitrogen and oxygen atoms in total. The fraction of sp³-hybridized carbons (Fsp3) is 0.400. The number of esters is 1. The first-order valence-electron chi connectivity index (χ1n) is 9.53. The van der Waals surface area contributed by atoms with Crippen LogP contribution in [0.4, 0.5) is 4.79 Å². The third kappa shape index (κ3) is 3.32. The van der Waals surface area contributed by atoms with E-state index in [1.54, 1.807) is 19.1 Å². The number of nitrogens with one attached hydrogen (secondary N) is 2. The lowest BCUT2D eigenvalue weighted by Gasteiger charge is -2.30. The smallest absolute Gasteiger partial charge is 0.375 e. The lowest BCUT2D eigenvalue weighted by atomic mass is 9.82. The lowest BCUT2D eigenvalue weighted by molar-refractivity contribution is -0.140. The van der Waals surface area contributed by atoms with Crippen molar-refractivity contribution in [3.63, 3.8) is 0 Å². The molecule has 0 bridgehead atoms. The summed E-state index contributed by atoms with van der Waals surface area (Å²) < 4.78 is 10.5. The minimum Gasteiger partial charge on any atom is -0.450 e. The maximum Gasteiger partial charge on any atom is 0.375 e. The van der Waals surface area contributed by atoms with Gasteiger partial charge in [0, 0.05) is 10.9 Å². The molecule has 1 spiro atoms. The maximum atomic E-state index is 12.6. The number of aryl methyl sites for hydroxylation is 1. The average molecular weight is 399 g/mol. The topological polar surface area (TPSA) is 118 Å². The number of carbonyl (C=O) groups is 4. The van der Waals surface area contributed by atoms with Gasteiger partial charge in [0.25, 0.3) is 11.8 Å². The number of ether oxygens (including phenoxy) is 1. The Morgan fingerprint density at radius 1 is 1.21 bits per heavy atom. The van der Waals surface area contributed by atoms with Crippen molar-refractivity contribution >= 4 is 34.8 Å². The van der Waals surface area contributed by atoms with E-state index >= 15 is 0 Å². The summed E-state index contributed by atoms with van der Waals surface area (Å²) in [6.07, 6.45) is 3.77. The van der Waals surface area contributed by atoms with Gasteiger partial charge in [-0.1, -0.05) is 37.5 Å². The number of amides is 4. The summed E-state index contributed by atoms with van der Waals surface area (Å²) >= 11 is 0. The highest BCUT2D eigenvalue weighted by atomic mass is 16.5. The van der Waals surface area contributed by atoms with E-state index < -0.39 is 36.0 Å². The van der Waals surface area contributed by atoms with E-state index in [1.807, 2.05) is 12.1 Å². The van der Waals surface area contributed by atoms with Gasteiger partial charge in [0.1, 0.15) is 11.1 Å². The molecule has 1 aromatic carbocycles. The van der Waals surface area contributed by atoms with E-state index in [0.717, 1.165) is 24.6 Å². The standard InChI is InChI=1S/C20H21N3O6/c1-12-13-7-3-4-8-14(13)29-16(12)17(25)28-11-15(24)22-23-18(26)20(21-19(23)27)9-5-2-6-10-20/h3-4,7-8H,2,5-6,9-11H2,1H3,(H,21,27)(H,22,24). The minimum atomic E-state index is -0.940. The summed E-state index contributed by atoms with van der Waals surface area (Å²) in [6.45, 7) is 1.07. The van der Waals surface area contributed by atoms with Crippen molar-refractivity contribution in [2.75, 3.05) is 6.61 Å². The fourth-order valence-electron chi connectivity index (χ4n) is 3.94. The highest BCUT2D eigenvalue weighted by Gasteiger charge is 2.52. The molecule has 152 valence electrons. The molecule has 1 saturated carbocycles. The number of furan rings is 1. The first-order valence-corrected chi connectivity index (χ1v) is 9.53. The highest BCUT2D eigenvalue weighted by Crippen LogP contribution is 2.33. The molecular weight excluding hydrogens is 378 g/mol. The number of hydrazine groups is 1. The van der Waals surface area contributed by atoms with E-state index in [4.69, 9.17) is 9.15 Å². The van der Waals surface area contributed by atoms with E-state index in [9.17, 15) is 19.2 Å². The molecule has 2 aromatic rings. The number of fused-ring (bicyclic) bond motifs is 1. The third-order valence-electron chi connectivity index (χ3n) is 5.47. The number of nitrogens with zero attached hydrogens (tertiary/aromatic N) is 1. The number of carbonyl (C=O) groups excluding carboxylic acids is 4. The molecule has 1 saturated heterocycles. The first kappa shape index (κ1) is 19.0.